The van der Waals surface area contributed by atoms with E-state index < -0.39 is 8.07 Å². The number of fused-ring (bicyclic) bond motifs is 3. The molecule has 1 heterocycles. The minimum absolute atomic E-state index is 0.161. The van der Waals surface area contributed by atoms with Gasteiger partial charge in [0, 0.05) is 5.56 Å². The molecule has 0 aliphatic carbocycles. The van der Waals surface area contributed by atoms with Crippen LogP contribution in [0.15, 0.2) is 84.9 Å². The van der Waals surface area contributed by atoms with E-state index >= 15 is 0 Å². The van der Waals surface area contributed by atoms with Gasteiger partial charge in [0.2, 0.25) is 8.07 Å². The van der Waals surface area contributed by atoms with E-state index in [-0.39, 0.29) is 11.0 Å². The molecule has 1 aliphatic rings. The van der Waals surface area contributed by atoms with E-state index in [4.69, 9.17) is 4.74 Å². The molecule has 0 bridgehead atoms. The Bertz CT molecular complexity index is 1600. The summed E-state index contributed by atoms with van der Waals surface area (Å²) < 4.78 is 5.47. The number of hydrogen-bond acceptors (Lipinski definition) is 2. The van der Waals surface area contributed by atoms with Crippen molar-refractivity contribution in [3.05, 3.63) is 107 Å². The Morgan fingerprint density at radius 1 is 0.872 bits per heavy atom. The second-order valence-corrected chi connectivity index (χ2v) is 15.7. The third kappa shape index (κ3) is 4.24. The molecule has 0 unspecified atom stereocenters. The molecule has 0 amide bonds. The molecule has 0 saturated heterocycles. The van der Waals surface area contributed by atoms with Crippen LogP contribution in [0.5, 0.6) is 0 Å². The highest BCUT2D eigenvalue weighted by Gasteiger charge is 2.55. The Labute approximate surface area is 234 Å². The van der Waals surface area contributed by atoms with Crippen molar-refractivity contribution < 1.29 is 9.53 Å². The van der Waals surface area contributed by atoms with E-state index in [2.05, 4.69) is 107 Å². The van der Waals surface area contributed by atoms with Crippen LogP contribution in [0.25, 0.3) is 22.3 Å². The maximum atomic E-state index is 13.7. The molecule has 2 nitrogen and oxygen atoms in total. The molecule has 4 aromatic rings. The van der Waals surface area contributed by atoms with Crippen LogP contribution in [0.3, 0.4) is 0 Å². The molecular formula is C36H36O2Si. The number of carbonyl (C=O) groups is 1. The number of methoxy groups -OCH3 is 1. The van der Waals surface area contributed by atoms with E-state index in [1.54, 1.807) is 0 Å². The first-order valence-electron chi connectivity index (χ1n) is 13.8. The van der Waals surface area contributed by atoms with Crippen LogP contribution < -0.4 is 10.4 Å². The van der Waals surface area contributed by atoms with Crippen LogP contribution in [0.4, 0.5) is 0 Å². The smallest absolute Gasteiger partial charge is 0.338 e. The molecule has 0 fully saturated rings. The van der Waals surface area contributed by atoms with E-state index in [0.29, 0.717) is 5.56 Å². The Morgan fingerprint density at radius 3 is 2.10 bits per heavy atom. The Kier molecular flexibility index (Phi) is 7.10. The molecule has 0 radical (unpaired) electrons. The summed E-state index contributed by atoms with van der Waals surface area (Å²) in [6.45, 7) is 11.3. The Morgan fingerprint density at radius 2 is 1.49 bits per heavy atom. The molecule has 0 spiro atoms. The van der Waals surface area contributed by atoms with Gasteiger partial charge < -0.3 is 4.74 Å². The number of ether oxygens (including phenoxy) is 1. The fourth-order valence-electron chi connectivity index (χ4n) is 6.36. The Balaban J connectivity index is 2.06. The van der Waals surface area contributed by atoms with Gasteiger partial charge in [0.1, 0.15) is 0 Å². The average Bonchev–Trinajstić information content (AvgIpc) is 3.25. The van der Waals surface area contributed by atoms with Crippen molar-refractivity contribution in [3.8, 4) is 33.7 Å². The summed E-state index contributed by atoms with van der Waals surface area (Å²) in [5.74, 6) is 3.34. The third-order valence-corrected chi connectivity index (χ3v) is 13.3. The van der Waals surface area contributed by atoms with Gasteiger partial charge in [0.05, 0.1) is 12.7 Å². The first-order valence-corrected chi connectivity index (χ1v) is 15.8. The lowest BCUT2D eigenvalue weighted by Crippen LogP contribution is -2.62. The zero-order valence-electron chi connectivity index (χ0n) is 23.8. The van der Waals surface area contributed by atoms with Gasteiger partial charge in [-0.3, -0.25) is 0 Å². The van der Waals surface area contributed by atoms with Crippen LogP contribution in [-0.2, 0) is 11.2 Å². The molecule has 0 saturated carbocycles. The minimum Gasteiger partial charge on any atom is -0.465 e. The zero-order chi connectivity index (χ0) is 27.8. The molecular weight excluding hydrogens is 492 g/mol. The summed E-state index contributed by atoms with van der Waals surface area (Å²) in [4.78, 5) is 13.7. The molecule has 4 aromatic carbocycles. The van der Waals surface area contributed by atoms with Gasteiger partial charge in [0.15, 0.2) is 0 Å². The second kappa shape index (κ2) is 10.4. The van der Waals surface area contributed by atoms with Crippen LogP contribution in [-0.4, -0.2) is 21.2 Å². The number of hydrogen-bond donors (Lipinski definition) is 0. The van der Waals surface area contributed by atoms with Gasteiger partial charge in [-0.15, -0.1) is 5.54 Å². The third-order valence-electron chi connectivity index (χ3n) is 8.10. The van der Waals surface area contributed by atoms with Crippen molar-refractivity contribution in [1.82, 2.24) is 0 Å². The van der Waals surface area contributed by atoms with E-state index in [1.165, 1.54) is 34.2 Å². The summed E-state index contributed by atoms with van der Waals surface area (Å²) in [6, 6.07) is 29.5. The van der Waals surface area contributed by atoms with Crippen molar-refractivity contribution in [2.45, 2.75) is 52.5 Å². The molecule has 39 heavy (non-hydrogen) atoms. The molecule has 1 atom stereocenters. The monoisotopic (exact) mass is 528 g/mol. The molecule has 0 aromatic heterocycles. The fraction of sp³-hybridized carbons (Fsp3) is 0.250. The van der Waals surface area contributed by atoms with E-state index in [0.717, 1.165) is 35.1 Å². The highest BCUT2D eigenvalue weighted by Crippen LogP contribution is 2.48. The second-order valence-electron chi connectivity index (χ2n) is 11.4. The van der Waals surface area contributed by atoms with Crippen molar-refractivity contribution in [3.63, 3.8) is 0 Å². The number of esters is 1. The highest BCUT2D eigenvalue weighted by atomic mass is 28.3. The van der Waals surface area contributed by atoms with Crippen molar-refractivity contribution >= 4 is 24.4 Å². The normalized spacial score (nSPS) is 15.6. The number of rotatable bonds is 4. The fourth-order valence-corrected chi connectivity index (χ4v) is 11.4. The van der Waals surface area contributed by atoms with Crippen molar-refractivity contribution in [2.24, 2.45) is 0 Å². The summed E-state index contributed by atoms with van der Waals surface area (Å²) in [7, 11) is -1.34. The Hall–Kier alpha value is -3.87. The van der Waals surface area contributed by atoms with Crippen molar-refractivity contribution in [2.75, 3.05) is 7.11 Å². The lowest BCUT2D eigenvalue weighted by molar-refractivity contribution is 0.0600. The summed E-state index contributed by atoms with van der Waals surface area (Å²) in [6.07, 6.45) is 1.88. The van der Waals surface area contributed by atoms with Gasteiger partial charge in [0.25, 0.3) is 0 Å². The lowest BCUT2D eigenvalue weighted by Gasteiger charge is -2.39. The minimum atomic E-state index is -2.83. The quantitative estimate of drug-likeness (QED) is 0.157. The summed E-state index contributed by atoms with van der Waals surface area (Å²) >= 11 is 0. The van der Waals surface area contributed by atoms with Crippen LogP contribution >= 0.6 is 0 Å². The van der Waals surface area contributed by atoms with Gasteiger partial charge in [-0.05, 0) is 74.3 Å². The molecule has 3 heteroatoms. The standard InChI is InChI=1S/C36H36O2Si/c1-7-16-28-25(2)31(35(37)38-6)32(27-19-12-9-13-20-27)34-33(28)29-21-14-15-22-30(29)39(34,36(3,4)5)24-23-26-17-10-8-11-18-26/h8-15,17-22H,7,16H2,1-6H3/t39-/m0/s1. The zero-order valence-corrected chi connectivity index (χ0v) is 24.8. The maximum absolute atomic E-state index is 13.7. The SMILES string of the molecule is CCCc1c(C)c(C(=O)OC)c(-c2ccccc2)c2c1-c1ccccc1[Si@]2(C#Cc1ccccc1)C(C)(C)C. The molecule has 1 aliphatic heterocycles. The van der Waals surface area contributed by atoms with Gasteiger partial charge >= 0.3 is 5.97 Å². The van der Waals surface area contributed by atoms with Crippen LogP contribution in [0.2, 0.25) is 5.04 Å². The molecule has 5 rings (SSSR count). The maximum Gasteiger partial charge on any atom is 0.338 e. The number of carbonyl (C=O) groups excluding carboxylic acids is 1. The predicted molar refractivity (Wildman–Crippen MR) is 165 cm³/mol. The van der Waals surface area contributed by atoms with Crippen molar-refractivity contribution in [1.29, 1.82) is 0 Å². The largest absolute Gasteiger partial charge is 0.465 e. The first kappa shape index (κ1) is 26.7. The summed E-state index contributed by atoms with van der Waals surface area (Å²) in [5, 5.41) is 2.44. The van der Waals surface area contributed by atoms with Gasteiger partial charge in [-0.2, -0.15) is 0 Å². The van der Waals surface area contributed by atoms with Crippen LogP contribution in [0.1, 0.15) is 61.2 Å². The topological polar surface area (TPSA) is 26.3 Å². The lowest BCUT2D eigenvalue weighted by atomic mass is 9.85. The van der Waals surface area contributed by atoms with E-state index in [9.17, 15) is 4.79 Å². The van der Waals surface area contributed by atoms with Gasteiger partial charge in [-0.1, -0.05) is 113 Å². The highest BCUT2D eigenvalue weighted by molar-refractivity contribution is 7.13. The van der Waals surface area contributed by atoms with Gasteiger partial charge in [-0.25, -0.2) is 4.79 Å². The van der Waals surface area contributed by atoms with Crippen LogP contribution in [0, 0.1) is 18.4 Å². The summed E-state index contributed by atoms with van der Waals surface area (Å²) in [5.41, 5.74) is 12.5. The van der Waals surface area contributed by atoms with E-state index in [1.807, 2.05) is 24.3 Å². The molecule has 0 N–H and O–H groups in total. The average molecular weight is 529 g/mol. The predicted octanol–water partition coefficient (Wildman–Crippen LogP) is 7.34. The molecule has 196 valence electrons. The number of benzene rings is 4. The first-order chi connectivity index (χ1) is 18.8.